The van der Waals surface area contributed by atoms with Gasteiger partial charge in [0.2, 0.25) is 0 Å². The molecule has 0 amide bonds. The standard InChI is InChI=1S/CH2O3.Na.Pb/c2-1(3)4;;/h(H2,2,3,4);;/q;+1;+2/p-2. The van der Waals surface area contributed by atoms with E-state index in [0.717, 1.165) is 0 Å². The maximum Gasteiger partial charge on any atom is 2.00 e. The average Bonchev–Trinajstić information content (AvgIpc) is 0.811. The molecular weight excluding hydrogens is 290 g/mol. The van der Waals surface area contributed by atoms with Crippen LogP contribution < -0.4 is 39.8 Å². The van der Waals surface area contributed by atoms with Gasteiger partial charge in [0.25, 0.3) is 0 Å². The van der Waals surface area contributed by atoms with Crippen molar-refractivity contribution < 1.29 is 44.6 Å². The third-order valence-electron chi connectivity index (χ3n) is 0. The summed E-state index contributed by atoms with van der Waals surface area (Å²) in [5.41, 5.74) is 0. The van der Waals surface area contributed by atoms with Gasteiger partial charge in [-0.05, 0) is 6.16 Å². The maximum absolute atomic E-state index is 8.33. The molecule has 0 aromatic carbocycles. The number of rotatable bonds is 0. The summed E-state index contributed by atoms with van der Waals surface area (Å²) in [5.74, 6) is 0. The average molecular weight is 290 g/mol. The molecule has 0 saturated heterocycles. The second-order valence-corrected chi connectivity index (χ2v) is 0.250. The maximum atomic E-state index is 8.33. The summed E-state index contributed by atoms with van der Waals surface area (Å²) in [6.07, 6.45) is -2.33. The second-order valence-electron chi connectivity index (χ2n) is 0.250. The minimum atomic E-state index is -2.33. The van der Waals surface area contributed by atoms with E-state index in [2.05, 4.69) is 0 Å². The van der Waals surface area contributed by atoms with Crippen LogP contribution in [0.1, 0.15) is 0 Å². The number of hydrogen-bond donors (Lipinski definition) is 0. The van der Waals surface area contributed by atoms with Crippen molar-refractivity contribution >= 4 is 33.5 Å². The summed E-state index contributed by atoms with van der Waals surface area (Å²) in [5, 5.41) is 16.7. The first-order chi connectivity index (χ1) is 1.73. The van der Waals surface area contributed by atoms with Crippen LogP contribution in [0, 0.1) is 0 Å². The number of carboxylic acid groups (broad SMARTS) is 2. The van der Waals surface area contributed by atoms with Crippen LogP contribution >= 0.6 is 0 Å². The quantitative estimate of drug-likeness (QED) is 0.418. The fourth-order valence-corrected chi connectivity index (χ4v) is 0. The van der Waals surface area contributed by atoms with E-state index < -0.39 is 6.16 Å². The Morgan fingerprint density at radius 1 is 1.33 bits per heavy atom. The molecule has 0 aliphatic carbocycles. The largest absolute Gasteiger partial charge is 2.00 e. The molecule has 0 unspecified atom stereocenters. The van der Waals surface area contributed by atoms with Crippen molar-refractivity contribution in [2.24, 2.45) is 0 Å². The second kappa shape index (κ2) is 9.50. The Morgan fingerprint density at radius 3 is 1.33 bits per heavy atom. The topological polar surface area (TPSA) is 63.2 Å². The predicted octanol–water partition coefficient (Wildman–Crippen LogP) is -5.82. The summed E-state index contributed by atoms with van der Waals surface area (Å²) >= 11 is 0. The molecule has 0 saturated carbocycles. The molecule has 26 valence electrons. The monoisotopic (exact) mass is 291 g/mol. The molecule has 0 aliphatic heterocycles. The summed E-state index contributed by atoms with van der Waals surface area (Å²) in [4.78, 5) is 8.33. The van der Waals surface area contributed by atoms with Crippen LogP contribution in [0.15, 0.2) is 0 Å². The first-order valence-electron chi connectivity index (χ1n) is 0.612. The van der Waals surface area contributed by atoms with E-state index in [4.69, 9.17) is 15.0 Å². The van der Waals surface area contributed by atoms with E-state index in [-0.39, 0.29) is 56.9 Å². The van der Waals surface area contributed by atoms with Crippen LogP contribution in [0.25, 0.3) is 0 Å². The van der Waals surface area contributed by atoms with Crippen LogP contribution in [-0.2, 0) is 0 Å². The van der Waals surface area contributed by atoms with E-state index in [0.29, 0.717) is 0 Å². The number of carbonyl (C=O) groups excluding carboxylic acids is 1. The van der Waals surface area contributed by atoms with Crippen molar-refractivity contribution in [1.29, 1.82) is 0 Å². The van der Waals surface area contributed by atoms with Gasteiger partial charge in [-0.25, -0.2) is 0 Å². The SMILES string of the molecule is O=C([O-])[O-].[Na+].[Pb+2]. The first-order valence-corrected chi connectivity index (χ1v) is 0.612. The molecule has 0 bridgehead atoms. The Hall–Kier alpha value is 1.19. The van der Waals surface area contributed by atoms with Gasteiger partial charge < -0.3 is 15.0 Å². The van der Waals surface area contributed by atoms with Gasteiger partial charge in [-0.2, -0.15) is 0 Å². The third-order valence-corrected chi connectivity index (χ3v) is 0. The molecule has 0 fully saturated rings. The van der Waals surface area contributed by atoms with E-state index in [1.165, 1.54) is 0 Å². The molecule has 2 radical (unpaired) electrons. The summed E-state index contributed by atoms with van der Waals surface area (Å²) in [7, 11) is 0. The third kappa shape index (κ3) is 64.2. The van der Waals surface area contributed by atoms with Gasteiger partial charge in [-0.1, -0.05) is 0 Å². The van der Waals surface area contributed by atoms with Crippen LogP contribution in [0.4, 0.5) is 4.79 Å². The van der Waals surface area contributed by atoms with E-state index >= 15 is 0 Å². The molecule has 0 aromatic heterocycles. The Kier molecular flexibility index (Phi) is 24.8. The van der Waals surface area contributed by atoms with Crippen LogP contribution in [-0.4, -0.2) is 33.5 Å². The van der Waals surface area contributed by atoms with Gasteiger partial charge in [-0.3, -0.25) is 0 Å². The van der Waals surface area contributed by atoms with Crippen molar-refractivity contribution in [1.82, 2.24) is 0 Å². The molecule has 0 rings (SSSR count). The molecule has 5 heteroatoms. The van der Waals surface area contributed by atoms with Crippen molar-refractivity contribution in [2.45, 2.75) is 0 Å². The Balaban J connectivity index is -0.0000000450. The molecule has 0 spiro atoms. The normalized spacial score (nSPS) is 4.00. The summed E-state index contributed by atoms with van der Waals surface area (Å²) in [6, 6.07) is 0. The summed E-state index contributed by atoms with van der Waals surface area (Å²) in [6.45, 7) is 0. The van der Waals surface area contributed by atoms with Gasteiger partial charge in [0.15, 0.2) is 0 Å². The van der Waals surface area contributed by atoms with E-state index in [9.17, 15) is 0 Å². The molecule has 3 nitrogen and oxygen atoms in total. The number of hydrogen-bond acceptors (Lipinski definition) is 3. The fourth-order valence-electron chi connectivity index (χ4n) is 0. The van der Waals surface area contributed by atoms with Crippen molar-refractivity contribution in [3.8, 4) is 0 Å². The first kappa shape index (κ1) is 15.7. The molecule has 0 aromatic rings. The minimum Gasteiger partial charge on any atom is -0.652 e. The molecule has 0 N–H and O–H groups in total. The van der Waals surface area contributed by atoms with Gasteiger partial charge in [-0.15, -0.1) is 0 Å². The molecular formula is CNaO3Pb+. The Morgan fingerprint density at radius 2 is 1.33 bits per heavy atom. The zero-order chi connectivity index (χ0) is 3.58. The van der Waals surface area contributed by atoms with E-state index in [1.54, 1.807) is 0 Å². The minimum absolute atomic E-state index is 0. The van der Waals surface area contributed by atoms with Gasteiger partial charge in [0.05, 0.1) is 0 Å². The smallest absolute Gasteiger partial charge is 0.652 e. The molecule has 0 atom stereocenters. The molecule has 0 aliphatic rings. The zero-order valence-electron chi connectivity index (χ0n) is 3.22. The van der Waals surface area contributed by atoms with Crippen LogP contribution in [0.3, 0.4) is 0 Å². The van der Waals surface area contributed by atoms with Crippen molar-refractivity contribution in [2.75, 3.05) is 0 Å². The van der Waals surface area contributed by atoms with Crippen LogP contribution in [0.5, 0.6) is 0 Å². The number of carbonyl (C=O) groups is 1. The van der Waals surface area contributed by atoms with Crippen molar-refractivity contribution in [3.05, 3.63) is 0 Å². The van der Waals surface area contributed by atoms with Crippen molar-refractivity contribution in [3.63, 3.8) is 0 Å². The van der Waals surface area contributed by atoms with Crippen LogP contribution in [0.2, 0.25) is 0 Å². The zero-order valence-corrected chi connectivity index (χ0v) is 9.11. The van der Waals surface area contributed by atoms with Gasteiger partial charge in [0, 0.05) is 0 Å². The van der Waals surface area contributed by atoms with Gasteiger partial charge in [0.1, 0.15) is 0 Å². The molecule has 6 heavy (non-hydrogen) atoms. The van der Waals surface area contributed by atoms with E-state index in [1.807, 2.05) is 0 Å². The fraction of sp³-hybridized carbons (Fsp3) is 0. The summed E-state index contributed by atoms with van der Waals surface area (Å²) < 4.78 is 0. The Bertz CT molecular complexity index is 33.8. The Labute approximate surface area is 77.2 Å². The molecule has 0 heterocycles. The van der Waals surface area contributed by atoms with Gasteiger partial charge >= 0.3 is 56.9 Å². The predicted molar refractivity (Wildman–Crippen MR) is 11.1 cm³/mol.